The number of carbonyl (C=O) groups is 1. The van der Waals surface area contributed by atoms with E-state index in [1.807, 2.05) is 60.0 Å². The van der Waals surface area contributed by atoms with Crippen LogP contribution in [0.15, 0.2) is 48.5 Å². The van der Waals surface area contributed by atoms with Crippen LogP contribution in [0.4, 0.5) is 5.82 Å². The van der Waals surface area contributed by atoms with Gasteiger partial charge in [0, 0.05) is 6.54 Å². The molecule has 0 aliphatic rings. The number of rotatable bonds is 7. The summed E-state index contributed by atoms with van der Waals surface area (Å²) in [6, 6.07) is 15.4. The summed E-state index contributed by atoms with van der Waals surface area (Å²) in [5, 5.41) is 0. The fourth-order valence-electron chi connectivity index (χ4n) is 3.44. The maximum Gasteiger partial charge on any atom is 0.344 e. The molecule has 0 aliphatic heterocycles. The number of fused-ring (bicyclic) bond motifs is 2. The SMILES string of the molecule is CCCOC(=O)c1c(N)n(CCc2ccc(OC)cc2)c2nc3ccccc3nc12. The highest BCUT2D eigenvalue weighted by atomic mass is 16.5. The molecule has 0 amide bonds. The second-order valence-electron chi connectivity index (χ2n) is 7.03. The molecule has 0 atom stereocenters. The molecule has 0 radical (unpaired) electrons. The van der Waals surface area contributed by atoms with Gasteiger partial charge < -0.3 is 19.8 Å². The molecule has 7 nitrogen and oxygen atoms in total. The molecule has 0 bridgehead atoms. The number of aromatic nitrogens is 3. The van der Waals surface area contributed by atoms with E-state index in [-0.39, 0.29) is 5.56 Å². The molecule has 0 unspecified atom stereocenters. The molecule has 2 aromatic carbocycles. The van der Waals surface area contributed by atoms with Crippen LogP contribution in [0.2, 0.25) is 0 Å². The van der Waals surface area contributed by atoms with Gasteiger partial charge in [0.1, 0.15) is 22.6 Å². The molecule has 0 aliphatic carbocycles. The van der Waals surface area contributed by atoms with Crippen LogP contribution < -0.4 is 10.5 Å². The summed E-state index contributed by atoms with van der Waals surface area (Å²) in [6.45, 7) is 2.84. The van der Waals surface area contributed by atoms with Crippen LogP contribution in [0.5, 0.6) is 5.75 Å². The van der Waals surface area contributed by atoms with E-state index >= 15 is 0 Å². The number of nitrogen functional groups attached to an aromatic ring is 1. The predicted molar refractivity (Wildman–Crippen MR) is 117 cm³/mol. The maximum atomic E-state index is 12.7. The normalized spacial score (nSPS) is 11.1. The quantitative estimate of drug-likeness (QED) is 0.468. The molecule has 0 saturated heterocycles. The summed E-state index contributed by atoms with van der Waals surface area (Å²) in [6.07, 6.45) is 1.45. The third-order valence-electron chi connectivity index (χ3n) is 5.02. The zero-order valence-electron chi connectivity index (χ0n) is 17.1. The summed E-state index contributed by atoms with van der Waals surface area (Å²) >= 11 is 0. The number of hydrogen-bond donors (Lipinski definition) is 1. The van der Waals surface area contributed by atoms with Crippen LogP contribution in [0.3, 0.4) is 0 Å². The molecule has 2 N–H and O–H groups in total. The number of hydrogen-bond acceptors (Lipinski definition) is 6. The number of anilines is 1. The minimum Gasteiger partial charge on any atom is -0.497 e. The van der Waals surface area contributed by atoms with Crippen molar-refractivity contribution >= 4 is 34.0 Å². The first-order chi connectivity index (χ1) is 14.6. The lowest BCUT2D eigenvalue weighted by Gasteiger charge is -2.09. The minimum atomic E-state index is -0.466. The lowest BCUT2D eigenvalue weighted by molar-refractivity contribution is 0.0508. The second kappa shape index (κ2) is 8.41. The largest absolute Gasteiger partial charge is 0.497 e. The fraction of sp³-hybridized carbons (Fsp3) is 0.261. The van der Waals surface area contributed by atoms with E-state index in [0.717, 1.165) is 29.7 Å². The Morgan fingerprint density at radius 1 is 1.07 bits per heavy atom. The minimum absolute atomic E-state index is 0.284. The van der Waals surface area contributed by atoms with E-state index < -0.39 is 5.97 Å². The molecule has 0 saturated carbocycles. The average Bonchev–Trinajstić information content (AvgIpc) is 3.05. The summed E-state index contributed by atoms with van der Waals surface area (Å²) in [7, 11) is 1.64. The standard InChI is InChI=1S/C23H24N4O3/c1-3-14-30-23(28)19-20-22(26-18-7-5-4-6-17(18)25-20)27(21(19)24)13-12-15-8-10-16(29-2)11-9-15/h4-11H,3,12-14,24H2,1-2H3. The Hall–Kier alpha value is -3.61. The van der Waals surface area contributed by atoms with Crippen LogP contribution in [-0.2, 0) is 17.7 Å². The molecular weight excluding hydrogens is 380 g/mol. The highest BCUT2D eigenvalue weighted by Gasteiger charge is 2.25. The van der Waals surface area contributed by atoms with Gasteiger partial charge in [-0.05, 0) is 42.7 Å². The van der Waals surface area contributed by atoms with E-state index in [1.165, 1.54) is 0 Å². The molecule has 30 heavy (non-hydrogen) atoms. The van der Waals surface area contributed by atoms with E-state index in [9.17, 15) is 4.79 Å². The first-order valence-electron chi connectivity index (χ1n) is 9.97. The van der Waals surface area contributed by atoms with Gasteiger partial charge in [-0.3, -0.25) is 0 Å². The number of methoxy groups -OCH3 is 1. The Kier molecular flexibility index (Phi) is 5.52. The van der Waals surface area contributed by atoms with Crippen molar-refractivity contribution in [2.24, 2.45) is 0 Å². The number of esters is 1. The average molecular weight is 404 g/mol. The molecule has 154 valence electrons. The van der Waals surface area contributed by atoms with Crippen LogP contribution in [0.25, 0.3) is 22.2 Å². The Morgan fingerprint density at radius 2 is 1.77 bits per heavy atom. The monoisotopic (exact) mass is 404 g/mol. The van der Waals surface area contributed by atoms with Crippen molar-refractivity contribution < 1.29 is 14.3 Å². The number of carbonyl (C=O) groups excluding carboxylic acids is 1. The van der Waals surface area contributed by atoms with Crippen molar-refractivity contribution in [2.45, 2.75) is 26.3 Å². The number of nitrogens with two attached hydrogens (primary N) is 1. The number of benzene rings is 2. The lowest BCUT2D eigenvalue weighted by Crippen LogP contribution is -2.11. The lowest BCUT2D eigenvalue weighted by atomic mass is 10.1. The van der Waals surface area contributed by atoms with Gasteiger partial charge in [0.15, 0.2) is 5.65 Å². The Balaban J connectivity index is 1.77. The molecule has 0 spiro atoms. The van der Waals surface area contributed by atoms with Gasteiger partial charge in [-0.2, -0.15) is 0 Å². The van der Waals surface area contributed by atoms with Crippen molar-refractivity contribution in [3.8, 4) is 5.75 Å². The molecule has 4 rings (SSSR count). The fourth-order valence-corrected chi connectivity index (χ4v) is 3.44. The highest BCUT2D eigenvalue weighted by Crippen LogP contribution is 2.29. The van der Waals surface area contributed by atoms with Crippen LogP contribution in [0.1, 0.15) is 29.3 Å². The van der Waals surface area contributed by atoms with Gasteiger partial charge >= 0.3 is 5.97 Å². The first kappa shape index (κ1) is 19.7. The molecule has 7 heteroatoms. The van der Waals surface area contributed by atoms with Crippen molar-refractivity contribution in [1.82, 2.24) is 14.5 Å². The predicted octanol–water partition coefficient (Wildman–Crippen LogP) is 3.98. The van der Waals surface area contributed by atoms with Crippen LogP contribution >= 0.6 is 0 Å². The highest BCUT2D eigenvalue weighted by molar-refractivity contribution is 6.08. The Morgan fingerprint density at radius 3 is 2.43 bits per heavy atom. The third kappa shape index (κ3) is 3.66. The van der Waals surface area contributed by atoms with Crippen molar-refractivity contribution in [2.75, 3.05) is 19.5 Å². The van der Waals surface area contributed by atoms with E-state index in [0.29, 0.717) is 35.7 Å². The topological polar surface area (TPSA) is 92.3 Å². The summed E-state index contributed by atoms with van der Waals surface area (Å²) in [5.74, 6) is 0.671. The molecule has 4 aromatic rings. The van der Waals surface area contributed by atoms with Crippen molar-refractivity contribution in [1.29, 1.82) is 0 Å². The molecular formula is C23H24N4O3. The summed E-state index contributed by atoms with van der Waals surface area (Å²) in [5.41, 5.74) is 10.4. The molecule has 0 fully saturated rings. The smallest absolute Gasteiger partial charge is 0.344 e. The maximum absolute atomic E-state index is 12.7. The number of ether oxygens (including phenoxy) is 2. The molecule has 2 aromatic heterocycles. The zero-order chi connectivity index (χ0) is 21.1. The van der Waals surface area contributed by atoms with Crippen LogP contribution in [0, 0.1) is 0 Å². The number of aryl methyl sites for hydroxylation is 2. The van der Waals surface area contributed by atoms with E-state index in [4.69, 9.17) is 20.2 Å². The summed E-state index contributed by atoms with van der Waals surface area (Å²) in [4.78, 5) is 22.2. The van der Waals surface area contributed by atoms with Gasteiger partial charge in [-0.15, -0.1) is 0 Å². The second-order valence-corrected chi connectivity index (χ2v) is 7.03. The number of nitrogens with zero attached hydrogens (tertiary/aromatic N) is 3. The molecule has 2 heterocycles. The number of para-hydroxylation sites is 2. The van der Waals surface area contributed by atoms with Gasteiger partial charge in [-0.1, -0.05) is 31.2 Å². The van der Waals surface area contributed by atoms with Gasteiger partial charge in [-0.25, -0.2) is 14.8 Å². The van der Waals surface area contributed by atoms with Crippen LogP contribution in [-0.4, -0.2) is 34.2 Å². The third-order valence-corrected chi connectivity index (χ3v) is 5.02. The van der Waals surface area contributed by atoms with Gasteiger partial charge in [0.25, 0.3) is 0 Å². The van der Waals surface area contributed by atoms with Crippen molar-refractivity contribution in [3.05, 3.63) is 59.7 Å². The van der Waals surface area contributed by atoms with Crippen molar-refractivity contribution in [3.63, 3.8) is 0 Å². The van der Waals surface area contributed by atoms with Gasteiger partial charge in [0.2, 0.25) is 0 Å². The van der Waals surface area contributed by atoms with E-state index in [2.05, 4.69) is 4.98 Å². The first-order valence-corrected chi connectivity index (χ1v) is 9.97. The summed E-state index contributed by atoms with van der Waals surface area (Å²) < 4.78 is 12.4. The Bertz CT molecular complexity index is 1200. The van der Waals surface area contributed by atoms with Gasteiger partial charge in [0.05, 0.1) is 24.8 Å². The zero-order valence-corrected chi connectivity index (χ0v) is 17.1. The van der Waals surface area contributed by atoms with E-state index in [1.54, 1.807) is 7.11 Å². The Labute approximate surface area is 174 Å².